The average Bonchev–Trinajstić information content (AvgIpc) is 2.69. The molecule has 0 bridgehead atoms. The Bertz CT molecular complexity index is 1070. The molecular formula is C27H40ClNO4Si2. The van der Waals surface area contributed by atoms with Crippen LogP contribution in [0.25, 0.3) is 5.57 Å². The number of halogens is 1. The number of aromatic nitrogens is 1. The number of allylic oxidation sites excluding steroid dienone is 1. The lowest BCUT2D eigenvalue weighted by molar-refractivity contribution is -0.132. The van der Waals surface area contributed by atoms with Gasteiger partial charge in [0.2, 0.25) is 5.88 Å². The number of hydrogen-bond donors (Lipinski definition) is 1. The molecule has 1 N–H and O–H groups in total. The van der Waals surface area contributed by atoms with E-state index in [0.29, 0.717) is 28.6 Å². The summed E-state index contributed by atoms with van der Waals surface area (Å²) in [5.74, 6) is 0.771. The Balaban J connectivity index is 2.28. The van der Waals surface area contributed by atoms with Crippen LogP contribution in [-0.2, 0) is 4.79 Å². The van der Waals surface area contributed by atoms with Crippen molar-refractivity contribution in [3.8, 4) is 17.4 Å². The lowest BCUT2D eigenvalue weighted by Gasteiger charge is -2.36. The molecule has 0 aliphatic carbocycles. The van der Waals surface area contributed by atoms with Gasteiger partial charge in [0.25, 0.3) is 8.32 Å². The third-order valence-electron chi connectivity index (χ3n) is 6.59. The van der Waals surface area contributed by atoms with Crippen molar-refractivity contribution in [3.05, 3.63) is 52.2 Å². The van der Waals surface area contributed by atoms with Gasteiger partial charge < -0.3 is 14.3 Å². The molecule has 0 atom stereocenters. The zero-order valence-electron chi connectivity index (χ0n) is 22.8. The number of aliphatic carboxylic acids is 1. The standard InChI is InChI=1S/C27H40ClNO4Si2/c1-18-15-20(19(2)22(26(30)31)13-14-34(6,7)8)16-23(28)25(18)32-24-12-11-21(17-29-24)33-35(9,10)27(3,4)5/h11-12,15-17H,13-14H2,1-10H3,(H,30,31). The van der Waals surface area contributed by atoms with E-state index >= 15 is 0 Å². The Kier molecular flexibility index (Phi) is 9.06. The maximum atomic E-state index is 12.0. The molecule has 0 unspecified atom stereocenters. The molecule has 0 amide bonds. The van der Waals surface area contributed by atoms with Gasteiger partial charge in [-0.1, -0.05) is 58.1 Å². The molecule has 0 aliphatic rings. The van der Waals surface area contributed by atoms with E-state index in [9.17, 15) is 9.90 Å². The van der Waals surface area contributed by atoms with Crippen LogP contribution in [0.3, 0.4) is 0 Å². The Morgan fingerprint density at radius 3 is 2.20 bits per heavy atom. The van der Waals surface area contributed by atoms with E-state index in [0.717, 1.165) is 28.5 Å². The first-order valence-electron chi connectivity index (χ1n) is 12.0. The molecule has 1 aromatic carbocycles. The topological polar surface area (TPSA) is 68.7 Å². The number of ether oxygens (including phenoxy) is 1. The molecule has 1 aromatic heterocycles. The third-order valence-corrected chi connectivity index (χ3v) is 13.0. The number of carboxylic acids is 1. The van der Waals surface area contributed by atoms with Crippen LogP contribution in [-0.4, -0.2) is 32.5 Å². The second-order valence-corrected chi connectivity index (χ2v) is 22.6. The Hall–Kier alpha value is -2.10. The van der Waals surface area contributed by atoms with Gasteiger partial charge in [0.1, 0.15) is 5.75 Å². The largest absolute Gasteiger partial charge is 0.542 e. The Labute approximate surface area is 217 Å². The van der Waals surface area contributed by atoms with Crippen molar-refractivity contribution in [1.82, 2.24) is 4.98 Å². The fourth-order valence-electron chi connectivity index (χ4n) is 3.25. The van der Waals surface area contributed by atoms with Crippen molar-refractivity contribution in [2.45, 2.75) is 84.9 Å². The van der Waals surface area contributed by atoms with Crippen molar-refractivity contribution in [3.63, 3.8) is 0 Å². The van der Waals surface area contributed by atoms with Gasteiger partial charge in [-0.05, 0) is 73.3 Å². The van der Waals surface area contributed by atoms with E-state index in [4.69, 9.17) is 20.8 Å². The normalized spacial score (nSPS) is 13.3. The average molecular weight is 534 g/mol. The minimum absolute atomic E-state index is 0.0936. The summed E-state index contributed by atoms with van der Waals surface area (Å²) in [5.41, 5.74) is 2.78. The number of hydrogen-bond acceptors (Lipinski definition) is 4. The van der Waals surface area contributed by atoms with E-state index in [1.54, 1.807) is 18.3 Å². The zero-order valence-corrected chi connectivity index (χ0v) is 25.6. The molecule has 0 spiro atoms. The molecule has 5 nitrogen and oxygen atoms in total. The molecule has 0 aliphatic heterocycles. The smallest absolute Gasteiger partial charge is 0.331 e. The van der Waals surface area contributed by atoms with E-state index < -0.39 is 22.4 Å². The number of pyridine rings is 1. The van der Waals surface area contributed by atoms with Gasteiger partial charge in [-0.15, -0.1) is 0 Å². The number of nitrogens with zero attached hydrogens (tertiary/aromatic N) is 1. The first-order valence-corrected chi connectivity index (χ1v) is 19.0. The summed E-state index contributed by atoms with van der Waals surface area (Å²) in [7, 11) is -3.32. The summed E-state index contributed by atoms with van der Waals surface area (Å²) in [5, 5.41) is 10.3. The second-order valence-electron chi connectivity index (χ2n) is 11.9. The highest BCUT2D eigenvalue weighted by Gasteiger charge is 2.39. The maximum Gasteiger partial charge on any atom is 0.331 e. The molecule has 35 heavy (non-hydrogen) atoms. The molecule has 0 saturated carbocycles. The highest BCUT2D eigenvalue weighted by Crippen LogP contribution is 2.39. The molecule has 1 heterocycles. The first kappa shape index (κ1) is 29.1. The van der Waals surface area contributed by atoms with E-state index in [2.05, 4.69) is 58.5 Å². The van der Waals surface area contributed by atoms with Crippen molar-refractivity contribution < 1.29 is 19.1 Å². The number of carbonyl (C=O) groups is 1. The van der Waals surface area contributed by atoms with Crippen molar-refractivity contribution in [2.75, 3.05) is 0 Å². The van der Waals surface area contributed by atoms with Gasteiger partial charge in [-0.25, -0.2) is 9.78 Å². The fourth-order valence-corrected chi connectivity index (χ4v) is 5.57. The summed E-state index contributed by atoms with van der Waals surface area (Å²) < 4.78 is 12.3. The summed E-state index contributed by atoms with van der Waals surface area (Å²) in [4.78, 5) is 16.4. The fraction of sp³-hybridized carbons (Fsp3) is 0.481. The van der Waals surface area contributed by atoms with Crippen LogP contribution in [0.4, 0.5) is 0 Å². The number of aryl methyl sites for hydroxylation is 1. The van der Waals surface area contributed by atoms with Crippen molar-refractivity contribution >= 4 is 39.5 Å². The minimum Gasteiger partial charge on any atom is -0.542 e. The summed E-state index contributed by atoms with van der Waals surface area (Å²) in [6, 6.07) is 8.25. The highest BCUT2D eigenvalue weighted by atomic mass is 35.5. The van der Waals surface area contributed by atoms with E-state index in [1.165, 1.54) is 0 Å². The monoisotopic (exact) mass is 533 g/mol. The van der Waals surface area contributed by atoms with Gasteiger partial charge in [-0.3, -0.25) is 0 Å². The molecule has 192 valence electrons. The van der Waals surface area contributed by atoms with Crippen molar-refractivity contribution in [1.29, 1.82) is 0 Å². The first-order chi connectivity index (χ1) is 15.9. The Morgan fingerprint density at radius 2 is 1.74 bits per heavy atom. The predicted molar refractivity (Wildman–Crippen MR) is 151 cm³/mol. The lowest BCUT2D eigenvalue weighted by Crippen LogP contribution is -2.43. The molecule has 0 fully saturated rings. The summed E-state index contributed by atoms with van der Waals surface area (Å²) in [6.45, 7) is 21.5. The van der Waals surface area contributed by atoms with Gasteiger partial charge >= 0.3 is 5.97 Å². The number of carboxylic acid groups (broad SMARTS) is 1. The quantitative estimate of drug-likeness (QED) is 0.257. The van der Waals surface area contributed by atoms with Gasteiger partial charge in [0, 0.05) is 19.7 Å². The van der Waals surface area contributed by atoms with Crippen LogP contribution in [0.2, 0.25) is 48.8 Å². The van der Waals surface area contributed by atoms with Crippen LogP contribution in [0.15, 0.2) is 36.0 Å². The molecule has 0 radical (unpaired) electrons. The predicted octanol–water partition coefficient (Wildman–Crippen LogP) is 8.81. The van der Waals surface area contributed by atoms with Gasteiger partial charge in [0.15, 0.2) is 5.75 Å². The van der Waals surface area contributed by atoms with Crippen LogP contribution in [0.5, 0.6) is 17.4 Å². The van der Waals surface area contributed by atoms with E-state index in [1.807, 2.05) is 26.0 Å². The minimum atomic E-state index is -1.95. The van der Waals surface area contributed by atoms with Crippen LogP contribution < -0.4 is 9.16 Å². The van der Waals surface area contributed by atoms with Crippen LogP contribution in [0, 0.1) is 6.92 Å². The molecule has 2 rings (SSSR count). The van der Waals surface area contributed by atoms with E-state index in [-0.39, 0.29) is 5.04 Å². The molecule has 0 saturated heterocycles. The van der Waals surface area contributed by atoms with Gasteiger partial charge in [0.05, 0.1) is 11.2 Å². The Morgan fingerprint density at radius 1 is 1.11 bits per heavy atom. The molecule has 2 aromatic rings. The number of benzene rings is 1. The second kappa shape index (κ2) is 10.9. The van der Waals surface area contributed by atoms with Crippen LogP contribution >= 0.6 is 11.6 Å². The third kappa shape index (κ3) is 7.95. The highest BCUT2D eigenvalue weighted by molar-refractivity contribution is 6.76. The SMILES string of the molecule is CC(=C(CC[Si](C)(C)C)C(=O)O)c1cc(C)c(Oc2ccc(O[Si](C)(C)C(C)(C)C)cn2)c(Cl)c1. The summed E-state index contributed by atoms with van der Waals surface area (Å²) in [6.07, 6.45) is 2.23. The van der Waals surface area contributed by atoms with Gasteiger partial charge in [-0.2, -0.15) is 0 Å². The summed E-state index contributed by atoms with van der Waals surface area (Å²) >= 11 is 6.60. The van der Waals surface area contributed by atoms with Crippen LogP contribution in [0.1, 0.15) is 45.2 Å². The molecular weight excluding hydrogens is 494 g/mol. The maximum absolute atomic E-state index is 12.0. The van der Waals surface area contributed by atoms with Crippen molar-refractivity contribution in [2.24, 2.45) is 0 Å². The number of rotatable bonds is 9. The lowest BCUT2D eigenvalue weighted by atomic mass is 9.98. The molecule has 8 heteroatoms. The zero-order chi connectivity index (χ0) is 26.8.